The summed E-state index contributed by atoms with van der Waals surface area (Å²) in [4.78, 5) is 38.3. The van der Waals surface area contributed by atoms with Crippen LogP contribution in [0.3, 0.4) is 0 Å². The number of nitrogens with two attached hydrogens (primary N) is 1. The zero-order valence-corrected chi connectivity index (χ0v) is 17.8. The van der Waals surface area contributed by atoms with E-state index in [-0.39, 0.29) is 34.4 Å². The van der Waals surface area contributed by atoms with Crippen LogP contribution in [-0.2, 0) is 0 Å². The Morgan fingerprint density at radius 2 is 1.97 bits per heavy atom. The Labute approximate surface area is 188 Å². The molecule has 33 heavy (non-hydrogen) atoms. The van der Waals surface area contributed by atoms with E-state index in [0.29, 0.717) is 28.0 Å². The quantitative estimate of drug-likeness (QED) is 0.386. The van der Waals surface area contributed by atoms with Gasteiger partial charge in [0.05, 0.1) is 27.6 Å². The van der Waals surface area contributed by atoms with Crippen LogP contribution in [0.15, 0.2) is 41.2 Å². The Kier molecular flexibility index (Phi) is 4.48. The van der Waals surface area contributed by atoms with Crippen molar-refractivity contribution < 1.29 is 9.18 Å². The number of H-pyrrole nitrogens is 2. The number of halogens is 1. The van der Waals surface area contributed by atoms with Gasteiger partial charge in [-0.1, -0.05) is 6.07 Å². The van der Waals surface area contributed by atoms with Crippen LogP contribution in [0.2, 0.25) is 0 Å². The summed E-state index contributed by atoms with van der Waals surface area (Å²) in [6.07, 6.45) is 2.24. The third kappa shape index (κ3) is 3.27. The molecule has 0 unspecified atom stereocenters. The van der Waals surface area contributed by atoms with Crippen LogP contribution in [0.4, 0.5) is 10.1 Å². The first-order valence-electron chi connectivity index (χ1n) is 11.1. The summed E-state index contributed by atoms with van der Waals surface area (Å²) in [6, 6.07) is 9.73. The van der Waals surface area contributed by atoms with Crippen LogP contribution in [0.5, 0.6) is 0 Å². The first-order valence-corrected chi connectivity index (χ1v) is 11.1. The van der Waals surface area contributed by atoms with Crippen LogP contribution >= 0.6 is 0 Å². The molecule has 3 aliphatic heterocycles. The van der Waals surface area contributed by atoms with E-state index in [4.69, 9.17) is 5.73 Å². The fourth-order valence-electron chi connectivity index (χ4n) is 5.22. The highest BCUT2D eigenvalue weighted by Crippen LogP contribution is 2.30. The number of aromatic amines is 2. The van der Waals surface area contributed by atoms with E-state index in [2.05, 4.69) is 25.2 Å². The third-order valence-electron chi connectivity index (χ3n) is 6.98. The number of nitrogens with zero attached hydrogens (tertiary/aromatic N) is 2. The zero-order chi connectivity index (χ0) is 22.7. The van der Waals surface area contributed by atoms with Crippen molar-refractivity contribution in [2.24, 2.45) is 5.92 Å². The third-order valence-corrected chi connectivity index (χ3v) is 6.98. The molecule has 3 aliphatic rings. The summed E-state index contributed by atoms with van der Waals surface area (Å²) in [6.45, 7) is 3.12. The Balaban J connectivity index is 1.34. The minimum Gasteiger partial charge on any atom is -0.397 e. The topological polar surface area (TPSA) is 120 Å². The summed E-state index contributed by atoms with van der Waals surface area (Å²) in [5.41, 5.74) is 7.84. The number of nitrogens with one attached hydrogen (secondary N) is 3. The first-order chi connectivity index (χ1) is 16.0. The maximum absolute atomic E-state index is 14.4. The van der Waals surface area contributed by atoms with Gasteiger partial charge >= 0.3 is 0 Å². The maximum Gasteiger partial charge on any atom is 0.261 e. The Bertz CT molecular complexity index is 1470. The lowest BCUT2D eigenvalue weighted by Crippen LogP contribution is -2.57. The fourth-order valence-corrected chi connectivity index (χ4v) is 5.22. The number of pyridine rings is 1. The molecule has 8 nitrogen and oxygen atoms in total. The first kappa shape index (κ1) is 19.9. The molecule has 0 radical (unpaired) electrons. The van der Waals surface area contributed by atoms with Crippen molar-refractivity contribution in [3.8, 4) is 11.4 Å². The predicted molar refractivity (Wildman–Crippen MR) is 124 cm³/mol. The van der Waals surface area contributed by atoms with Gasteiger partial charge in [-0.15, -0.1) is 0 Å². The molecule has 9 heteroatoms. The average Bonchev–Trinajstić information content (AvgIpc) is 3.22. The van der Waals surface area contributed by atoms with Crippen LogP contribution in [0.25, 0.3) is 33.3 Å². The number of amides is 1. The normalized spacial score (nSPS) is 22.2. The number of anilines is 1. The van der Waals surface area contributed by atoms with E-state index in [9.17, 15) is 14.0 Å². The molecular weight excluding hydrogens is 423 g/mol. The van der Waals surface area contributed by atoms with E-state index in [0.717, 1.165) is 32.5 Å². The number of aromatic nitrogens is 3. The summed E-state index contributed by atoms with van der Waals surface area (Å²) >= 11 is 0. The number of hydrogen-bond acceptors (Lipinski definition) is 5. The lowest BCUT2D eigenvalue weighted by atomic mass is 9.84. The molecule has 2 aromatic carbocycles. The fraction of sp³-hybridized carbons (Fsp3) is 0.292. The summed E-state index contributed by atoms with van der Waals surface area (Å²) < 4.78 is 14.4. The van der Waals surface area contributed by atoms with Gasteiger partial charge in [0.25, 0.3) is 11.5 Å². The van der Waals surface area contributed by atoms with E-state index >= 15 is 0 Å². The Morgan fingerprint density at radius 3 is 2.73 bits per heavy atom. The van der Waals surface area contributed by atoms with Crippen molar-refractivity contribution in [1.82, 2.24) is 25.2 Å². The van der Waals surface area contributed by atoms with Gasteiger partial charge in [-0.05, 0) is 62.2 Å². The van der Waals surface area contributed by atoms with Crippen LogP contribution in [0, 0.1) is 11.7 Å². The molecule has 1 amide bonds. The van der Waals surface area contributed by atoms with E-state index < -0.39 is 11.4 Å². The van der Waals surface area contributed by atoms with Crippen molar-refractivity contribution in [3.63, 3.8) is 0 Å². The molecule has 4 aromatic rings. The lowest BCUT2D eigenvalue weighted by Gasteiger charge is -2.44. The molecule has 5 N–H and O–H groups in total. The van der Waals surface area contributed by atoms with Gasteiger partial charge in [-0.3, -0.25) is 9.59 Å². The molecular formula is C24H23FN6O2. The highest BCUT2D eigenvalue weighted by molar-refractivity contribution is 6.00. The van der Waals surface area contributed by atoms with Gasteiger partial charge in [-0.25, -0.2) is 9.37 Å². The number of hydrogen-bond donors (Lipinski definition) is 4. The van der Waals surface area contributed by atoms with E-state index in [1.165, 1.54) is 12.1 Å². The van der Waals surface area contributed by atoms with Crippen molar-refractivity contribution in [2.75, 3.05) is 25.4 Å². The maximum atomic E-state index is 14.4. The van der Waals surface area contributed by atoms with Crippen molar-refractivity contribution >= 4 is 33.5 Å². The summed E-state index contributed by atoms with van der Waals surface area (Å²) in [5.74, 6) is 0.107. The second-order valence-electron chi connectivity index (χ2n) is 8.94. The zero-order valence-electron chi connectivity index (χ0n) is 17.8. The molecule has 3 saturated heterocycles. The minimum atomic E-state index is -0.523. The number of carbonyl (C=O) groups excluding carboxylic acids is 1. The molecule has 0 aliphatic carbocycles. The second-order valence-corrected chi connectivity index (χ2v) is 8.94. The Morgan fingerprint density at radius 1 is 1.15 bits per heavy atom. The minimum absolute atomic E-state index is 0.0197. The number of carbonyl (C=O) groups is 1. The SMILES string of the molecule is Nc1c(-c2nc3ccc(C(=O)N[C@H]4CN5CCC4CC5)cc3[nH]2)c(=O)[nH]c2cccc(F)c12. The summed E-state index contributed by atoms with van der Waals surface area (Å²) in [7, 11) is 0. The molecule has 1 atom stereocenters. The molecule has 0 spiro atoms. The molecule has 3 fully saturated rings. The van der Waals surface area contributed by atoms with Gasteiger partial charge in [0.15, 0.2) is 0 Å². The number of piperidine rings is 3. The highest BCUT2D eigenvalue weighted by atomic mass is 19.1. The number of nitrogen functional groups attached to an aromatic ring is 1. The number of fused-ring (bicyclic) bond motifs is 5. The number of benzene rings is 2. The monoisotopic (exact) mass is 446 g/mol. The van der Waals surface area contributed by atoms with E-state index in [1.54, 1.807) is 24.3 Å². The van der Waals surface area contributed by atoms with Crippen molar-refractivity contribution in [2.45, 2.75) is 18.9 Å². The van der Waals surface area contributed by atoms with Crippen molar-refractivity contribution in [1.29, 1.82) is 0 Å². The molecule has 2 aromatic heterocycles. The van der Waals surface area contributed by atoms with Crippen LogP contribution in [-0.4, -0.2) is 51.4 Å². The second kappa shape index (κ2) is 7.41. The van der Waals surface area contributed by atoms with Gasteiger partial charge in [0, 0.05) is 18.2 Å². The van der Waals surface area contributed by atoms with Gasteiger partial charge in [-0.2, -0.15) is 0 Å². The van der Waals surface area contributed by atoms with Crippen LogP contribution in [0.1, 0.15) is 23.2 Å². The molecule has 7 rings (SSSR count). The number of imidazole rings is 1. The summed E-state index contributed by atoms with van der Waals surface area (Å²) in [5, 5.41) is 3.33. The lowest BCUT2D eigenvalue weighted by molar-refractivity contribution is 0.0620. The van der Waals surface area contributed by atoms with Crippen molar-refractivity contribution in [3.05, 3.63) is 58.1 Å². The van der Waals surface area contributed by atoms with Gasteiger partial charge < -0.3 is 25.9 Å². The van der Waals surface area contributed by atoms with E-state index in [1.807, 2.05) is 0 Å². The molecule has 2 bridgehead atoms. The standard InChI is InChI=1S/C24H23FN6O2/c25-14-2-1-3-16-19(14)21(26)20(24(33)29-16)22-27-15-5-4-13(10-17(15)28-22)23(32)30-18-11-31-8-6-12(18)7-9-31/h1-5,10,12,18H,6-9,11H2,(H,27,28)(H,30,32)(H3,26,29,33)/t18-/m0/s1. The Hall–Kier alpha value is -3.72. The number of rotatable bonds is 3. The smallest absolute Gasteiger partial charge is 0.261 e. The predicted octanol–water partition coefficient (Wildman–Crippen LogP) is 2.62. The van der Waals surface area contributed by atoms with Gasteiger partial charge in [0.2, 0.25) is 0 Å². The molecule has 5 heterocycles. The molecule has 0 saturated carbocycles. The highest BCUT2D eigenvalue weighted by Gasteiger charge is 2.35. The van der Waals surface area contributed by atoms with Crippen LogP contribution < -0.4 is 16.6 Å². The average molecular weight is 446 g/mol. The molecule has 168 valence electrons. The largest absolute Gasteiger partial charge is 0.397 e. The van der Waals surface area contributed by atoms with Gasteiger partial charge in [0.1, 0.15) is 17.2 Å².